The van der Waals surface area contributed by atoms with Gasteiger partial charge >= 0.3 is 0 Å². The molecule has 2 bridgehead atoms. The predicted molar refractivity (Wildman–Crippen MR) is 115 cm³/mol. The molecule has 2 aliphatic heterocycles. The molecule has 0 aromatic carbocycles. The molecule has 162 valence electrons. The summed E-state index contributed by atoms with van der Waals surface area (Å²) < 4.78 is 7.59. The predicted octanol–water partition coefficient (Wildman–Crippen LogP) is 2.36. The van der Waals surface area contributed by atoms with Crippen LogP contribution in [-0.2, 0) is 19.6 Å². The minimum Gasteiger partial charge on any atom is -0.465 e. The number of piperidine rings is 1. The Balaban J connectivity index is 1.35. The lowest BCUT2D eigenvalue weighted by Crippen LogP contribution is -2.47. The van der Waals surface area contributed by atoms with Crippen molar-refractivity contribution < 1.29 is 9.21 Å². The van der Waals surface area contributed by atoms with Crippen LogP contribution in [0.1, 0.15) is 45.6 Å². The zero-order valence-electron chi connectivity index (χ0n) is 17.9. The molecule has 1 N–H and O–H groups in total. The molecule has 0 spiro atoms. The molecule has 5 heterocycles. The van der Waals surface area contributed by atoms with Crippen molar-refractivity contribution in [2.75, 3.05) is 20.1 Å². The summed E-state index contributed by atoms with van der Waals surface area (Å²) in [5, 5.41) is 6.76. The first-order chi connectivity index (χ1) is 15.0. The van der Waals surface area contributed by atoms with Crippen molar-refractivity contribution in [2.45, 2.75) is 38.9 Å². The van der Waals surface area contributed by atoms with Crippen molar-refractivity contribution >= 4 is 5.91 Å². The van der Waals surface area contributed by atoms with E-state index in [1.54, 1.807) is 24.2 Å². The number of hydrogen-bond donors (Lipinski definition) is 1. The number of aryl methyl sites for hydroxylation is 1. The van der Waals surface area contributed by atoms with E-state index in [0.717, 1.165) is 49.0 Å². The van der Waals surface area contributed by atoms with Gasteiger partial charge < -0.3 is 13.9 Å². The van der Waals surface area contributed by atoms with Gasteiger partial charge in [0.05, 0.1) is 18.8 Å². The number of aromatic nitrogens is 3. The number of fused-ring (bicyclic) bond motifs is 4. The first kappa shape index (κ1) is 19.8. The van der Waals surface area contributed by atoms with Crippen molar-refractivity contribution in [1.29, 1.82) is 0 Å². The van der Waals surface area contributed by atoms with E-state index in [4.69, 9.17) is 4.42 Å². The summed E-state index contributed by atoms with van der Waals surface area (Å²) in [6.07, 6.45) is 2.73. The van der Waals surface area contributed by atoms with Crippen LogP contribution in [0.25, 0.3) is 0 Å². The average molecular weight is 422 g/mol. The maximum atomic E-state index is 13.2. The number of furan rings is 1. The molecular weight excluding hydrogens is 394 g/mol. The Morgan fingerprint density at radius 1 is 1.23 bits per heavy atom. The van der Waals surface area contributed by atoms with Gasteiger partial charge in [0, 0.05) is 44.5 Å². The number of nitrogens with zero attached hydrogens (tertiary/aromatic N) is 4. The third-order valence-electron chi connectivity index (χ3n) is 6.40. The van der Waals surface area contributed by atoms with Crippen LogP contribution in [0.5, 0.6) is 0 Å². The third-order valence-corrected chi connectivity index (χ3v) is 6.40. The minimum absolute atomic E-state index is 0.177. The number of amides is 1. The first-order valence-corrected chi connectivity index (χ1v) is 10.7. The third kappa shape index (κ3) is 3.83. The first-order valence-electron chi connectivity index (χ1n) is 10.7. The maximum absolute atomic E-state index is 13.2. The van der Waals surface area contributed by atoms with Crippen LogP contribution in [0.2, 0.25) is 0 Å². The van der Waals surface area contributed by atoms with Gasteiger partial charge in [0.25, 0.3) is 11.5 Å². The molecule has 0 unspecified atom stereocenters. The topological polar surface area (TPSA) is 87.4 Å². The van der Waals surface area contributed by atoms with Gasteiger partial charge in [-0.15, -0.1) is 0 Å². The zero-order valence-corrected chi connectivity index (χ0v) is 17.9. The molecule has 1 fully saturated rings. The highest BCUT2D eigenvalue weighted by atomic mass is 16.3. The molecule has 2 atom stereocenters. The van der Waals surface area contributed by atoms with Crippen LogP contribution < -0.4 is 5.56 Å². The highest BCUT2D eigenvalue weighted by Crippen LogP contribution is 2.35. The average Bonchev–Trinajstić information content (AvgIpc) is 3.40. The zero-order chi connectivity index (χ0) is 21.5. The molecule has 3 aromatic rings. The fraction of sp³-hybridized carbons (Fsp3) is 0.435. The van der Waals surface area contributed by atoms with Gasteiger partial charge in [-0.2, -0.15) is 5.10 Å². The van der Waals surface area contributed by atoms with Gasteiger partial charge in [0.15, 0.2) is 0 Å². The molecule has 3 aromatic heterocycles. The van der Waals surface area contributed by atoms with Crippen molar-refractivity contribution in [3.05, 3.63) is 75.4 Å². The SMILES string of the molecule is Cc1ccc(CN2C[C@@H]3C[C@H](C2)c2ccc(C(=O)N(C)Cc4ccn[nH]4)c(=O)n2C3)o1. The minimum atomic E-state index is -0.263. The lowest BCUT2D eigenvalue weighted by atomic mass is 9.83. The number of carbonyl (C=O) groups is 1. The number of hydrogen-bond acceptors (Lipinski definition) is 5. The van der Waals surface area contributed by atoms with Crippen LogP contribution in [0, 0.1) is 12.8 Å². The van der Waals surface area contributed by atoms with E-state index in [9.17, 15) is 9.59 Å². The summed E-state index contributed by atoms with van der Waals surface area (Å²) in [4.78, 5) is 30.1. The quantitative estimate of drug-likeness (QED) is 0.683. The lowest BCUT2D eigenvalue weighted by Gasteiger charge is -2.42. The summed E-state index contributed by atoms with van der Waals surface area (Å²) in [5.74, 6) is 2.34. The Morgan fingerprint density at radius 2 is 2.10 bits per heavy atom. The van der Waals surface area contributed by atoms with Crippen molar-refractivity contribution in [3.8, 4) is 0 Å². The van der Waals surface area contributed by atoms with Gasteiger partial charge in [-0.05, 0) is 49.6 Å². The molecule has 31 heavy (non-hydrogen) atoms. The smallest absolute Gasteiger partial charge is 0.263 e. The van der Waals surface area contributed by atoms with Gasteiger partial charge in [-0.25, -0.2) is 0 Å². The molecule has 5 rings (SSSR count). The Labute approximate surface area is 180 Å². The Kier molecular flexibility index (Phi) is 5.02. The van der Waals surface area contributed by atoms with E-state index >= 15 is 0 Å². The summed E-state index contributed by atoms with van der Waals surface area (Å²) >= 11 is 0. The van der Waals surface area contributed by atoms with E-state index < -0.39 is 0 Å². The fourth-order valence-corrected chi connectivity index (χ4v) is 5.03. The van der Waals surface area contributed by atoms with Crippen LogP contribution in [-0.4, -0.2) is 50.6 Å². The number of H-pyrrole nitrogens is 1. The number of pyridine rings is 1. The second-order valence-electron chi connectivity index (χ2n) is 8.84. The molecule has 8 nitrogen and oxygen atoms in total. The van der Waals surface area contributed by atoms with Gasteiger partial charge in [0.1, 0.15) is 17.1 Å². The number of likely N-dealkylation sites (tertiary alicyclic amines) is 1. The van der Waals surface area contributed by atoms with Crippen LogP contribution in [0.15, 0.2) is 45.7 Å². The summed E-state index contributed by atoms with van der Waals surface area (Å²) in [6, 6.07) is 9.53. The van der Waals surface area contributed by atoms with Gasteiger partial charge in [-0.3, -0.25) is 19.6 Å². The van der Waals surface area contributed by atoms with Crippen LogP contribution in [0.3, 0.4) is 0 Å². The molecule has 8 heteroatoms. The Morgan fingerprint density at radius 3 is 2.84 bits per heavy atom. The number of nitrogens with one attached hydrogen (secondary N) is 1. The van der Waals surface area contributed by atoms with Crippen molar-refractivity contribution in [3.63, 3.8) is 0 Å². The molecule has 0 saturated carbocycles. The molecular formula is C23H27N5O3. The highest BCUT2D eigenvalue weighted by molar-refractivity contribution is 5.93. The normalized spacial score (nSPS) is 20.5. The van der Waals surface area contributed by atoms with Crippen molar-refractivity contribution in [1.82, 2.24) is 24.6 Å². The highest BCUT2D eigenvalue weighted by Gasteiger charge is 2.35. The fourth-order valence-electron chi connectivity index (χ4n) is 5.03. The molecule has 0 radical (unpaired) electrons. The Hall–Kier alpha value is -3.13. The van der Waals surface area contributed by atoms with Gasteiger partial charge in [-0.1, -0.05) is 0 Å². The lowest BCUT2D eigenvalue weighted by molar-refractivity contribution is 0.0777. The number of carbonyl (C=O) groups excluding carboxylic acids is 1. The van der Waals surface area contributed by atoms with Gasteiger partial charge in [0.2, 0.25) is 0 Å². The molecule has 2 aliphatic rings. The van der Waals surface area contributed by atoms with E-state index in [0.29, 0.717) is 24.9 Å². The summed E-state index contributed by atoms with van der Waals surface area (Å²) in [6.45, 7) is 5.61. The molecule has 1 saturated heterocycles. The van der Waals surface area contributed by atoms with E-state index in [1.807, 2.05) is 35.8 Å². The number of aromatic amines is 1. The van der Waals surface area contributed by atoms with Crippen molar-refractivity contribution in [2.24, 2.45) is 5.92 Å². The largest absolute Gasteiger partial charge is 0.465 e. The standard InChI is InChI=1S/C23H27N5O3/c1-15-3-4-19(31-15)14-27-10-16-9-17(12-27)21-6-5-20(23(30)28(21)11-16)22(29)26(2)13-18-7-8-24-25-18/h3-8,16-17H,9-14H2,1-2H3,(H,24,25)/t16-,17+/m0/s1. The van der Waals surface area contributed by atoms with Crippen LogP contribution in [0.4, 0.5) is 0 Å². The van der Waals surface area contributed by atoms with E-state index in [1.165, 1.54) is 0 Å². The maximum Gasteiger partial charge on any atom is 0.263 e. The number of rotatable bonds is 5. The monoisotopic (exact) mass is 421 g/mol. The molecule has 0 aliphatic carbocycles. The second-order valence-corrected chi connectivity index (χ2v) is 8.84. The summed E-state index contributed by atoms with van der Waals surface area (Å²) in [7, 11) is 1.70. The second kappa shape index (κ2) is 7.85. The summed E-state index contributed by atoms with van der Waals surface area (Å²) in [5.41, 5.74) is 1.92. The van der Waals surface area contributed by atoms with Crippen LogP contribution >= 0.6 is 0 Å². The Bertz CT molecular complexity index is 1150. The van der Waals surface area contributed by atoms with E-state index in [-0.39, 0.29) is 17.0 Å². The van der Waals surface area contributed by atoms with E-state index in [2.05, 4.69) is 15.1 Å². The molecule has 1 amide bonds.